The maximum absolute atomic E-state index is 12.8. The van der Waals surface area contributed by atoms with E-state index in [0.29, 0.717) is 12.8 Å². The molecule has 2 aliphatic carbocycles. The number of amides is 2. The molecule has 0 aromatic heterocycles. The normalized spacial score (nSPS) is 16.5. The first-order chi connectivity index (χ1) is 15.8. The van der Waals surface area contributed by atoms with Crippen molar-refractivity contribution >= 4 is 18.0 Å². The standard InChI is InChI=1S/C26H30N2O5/c1-16(2)22(13-23(29)30)28-24(31)26(11-12-26)15-27-25(32)33-14-21-19-9-5-3-7-17(19)18-8-4-6-10-20(18)21/h3-10,16,21-22H,11-15H2,1-2H3,(H,27,32)(H,28,31)(H,29,30)/t22-/m0/s1. The van der Waals surface area contributed by atoms with Crippen molar-refractivity contribution in [1.29, 1.82) is 0 Å². The second-order valence-corrected chi connectivity index (χ2v) is 9.38. The van der Waals surface area contributed by atoms with Crippen LogP contribution in [0.4, 0.5) is 4.79 Å². The van der Waals surface area contributed by atoms with E-state index in [1.807, 2.05) is 38.1 Å². The van der Waals surface area contributed by atoms with Gasteiger partial charge in [0.25, 0.3) is 0 Å². The van der Waals surface area contributed by atoms with Crippen LogP contribution in [-0.2, 0) is 14.3 Å². The molecule has 0 spiro atoms. The third-order valence-corrected chi connectivity index (χ3v) is 6.77. The second-order valence-electron chi connectivity index (χ2n) is 9.38. The van der Waals surface area contributed by atoms with Gasteiger partial charge in [0.15, 0.2) is 0 Å². The van der Waals surface area contributed by atoms with Gasteiger partial charge in [0.05, 0.1) is 11.8 Å². The molecule has 0 bridgehead atoms. The number of carbonyl (C=O) groups excluding carboxylic acids is 2. The van der Waals surface area contributed by atoms with Gasteiger partial charge in [-0.2, -0.15) is 0 Å². The highest BCUT2D eigenvalue weighted by Crippen LogP contribution is 2.46. The molecular formula is C26H30N2O5. The Hall–Kier alpha value is -3.35. The Morgan fingerprint density at radius 3 is 2.12 bits per heavy atom. The Bertz CT molecular complexity index is 1010. The fraction of sp³-hybridized carbons (Fsp3) is 0.423. The first kappa shape index (κ1) is 22.8. The van der Waals surface area contributed by atoms with Crippen LogP contribution >= 0.6 is 0 Å². The minimum atomic E-state index is -0.949. The molecule has 33 heavy (non-hydrogen) atoms. The van der Waals surface area contributed by atoms with Crippen molar-refractivity contribution in [1.82, 2.24) is 10.6 Å². The van der Waals surface area contributed by atoms with E-state index in [-0.39, 0.29) is 37.3 Å². The molecule has 0 saturated heterocycles. The highest BCUT2D eigenvalue weighted by molar-refractivity contribution is 5.87. The summed E-state index contributed by atoms with van der Waals surface area (Å²) in [5, 5.41) is 14.7. The van der Waals surface area contributed by atoms with Gasteiger partial charge in [-0.1, -0.05) is 62.4 Å². The quantitative estimate of drug-likeness (QED) is 0.537. The maximum Gasteiger partial charge on any atom is 0.407 e. The predicted molar refractivity (Wildman–Crippen MR) is 124 cm³/mol. The van der Waals surface area contributed by atoms with Crippen molar-refractivity contribution in [2.24, 2.45) is 11.3 Å². The number of carbonyl (C=O) groups is 3. The van der Waals surface area contributed by atoms with Crippen LogP contribution in [0.25, 0.3) is 11.1 Å². The summed E-state index contributed by atoms with van der Waals surface area (Å²) in [6.07, 6.45) is 0.627. The molecule has 174 valence electrons. The van der Waals surface area contributed by atoms with E-state index >= 15 is 0 Å². The molecule has 7 heteroatoms. The van der Waals surface area contributed by atoms with Crippen LogP contribution in [0.15, 0.2) is 48.5 Å². The summed E-state index contributed by atoms with van der Waals surface area (Å²) in [6, 6.07) is 15.8. The second kappa shape index (κ2) is 9.25. The number of benzene rings is 2. The number of carboxylic acids is 1. The summed E-state index contributed by atoms with van der Waals surface area (Å²) in [4.78, 5) is 36.3. The number of alkyl carbamates (subject to hydrolysis) is 1. The summed E-state index contributed by atoms with van der Waals surface area (Å²) >= 11 is 0. The fourth-order valence-corrected chi connectivity index (χ4v) is 4.49. The topological polar surface area (TPSA) is 105 Å². The van der Waals surface area contributed by atoms with Crippen LogP contribution in [0, 0.1) is 11.3 Å². The van der Waals surface area contributed by atoms with Gasteiger partial charge in [-0.05, 0) is 41.0 Å². The van der Waals surface area contributed by atoms with E-state index in [1.54, 1.807) is 0 Å². The summed E-state index contributed by atoms with van der Waals surface area (Å²) < 4.78 is 5.56. The molecule has 4 rings (SSSR count). The lowest BCUT2D eigenvalue weighted by atomic mass is 9.98. The zero-order chi connectivity index (χ0) is 23.6. The lowest BCUT2D eigenvalue weighted by Crippen LogP contribution is -2.47. The van der Waals surface area contributed by atoms with E-state index in [2.05, 4.69) is 34.9 Å². The Morgan fingerprint density at radius 2 is 1.61 bits per heavy atom. The molecule has 1 fully saturated rings. The highest BCUT2D eigenvalue weighted by Gasteiger charge is 2.50. The lowest BCUT2D eigenvalue weighted by Gasteiger charge is -2.24. The molecule has 0 aliphatic heterocycles. The summed E-state index contributed by atoms with van der Waals surface area (Å²) in [5.41, 5.74) is 3.93. The molecule has 3 N–H and O–H groups in total. The number of hydrogen-bond acceptors (Lipinski definition) is 4. The van der Waals surface area contributed by atoms with Crippen LogP contribution < -0.4 is 10.6 Å². The molecule has 0 radical (unpaired) electrons. The van der Waals surface area contributed by atoms with Gasteiger partial charge in [0.1, 0.15) is 6.61 Å². The molecule has 2 amide bonds. The summed E-state index contributed by atoms with van der Waals surface area (Å²) in [5.74, 6) is -1.18. The number of rotatable bonds is 9. The zero-order valence-electron chi connectivity index (χ0n) is 19.0. The Morgan fingerprint density at radius 1 is 1.03 bits per heavy atom. The maximum atomic E-state index is 12.8. The number of aliphatic carboxylic acids is 1. The van der Waals surface area contributed by atoms with E-state index in [4.69, 9.17) is 9.84 Å². The van der Waals surface area contributed by atoms with Gasteiger partial charge in [-0.15, -0.1) is 0 Å². The SMILES string of the molecule is CC(C)[C@H](CC(=O)O)NC(=O)C1(CNC(=O)OCC2c3ccccc3-c3ccccc32)CC1. The average molecular weight is 451 g/mol. The minimum absolute atomic E-state index is 0.00376. The van der Waals surface area contributed by atoms with Crippen molar-refractivity contribution in [3.63, 3.8) is 0 Å². The van der Waals surface area contributed by atoms with Crippen LogP contribution in [0.2, 0.25) is 0 Å². The first-order valence-corrected chi connectivity index (χ1v) is 11.4. The Kier molecular flexibility index (Phi) is 6.40. The molecule has 2 aliphatic rings. The molecule has 1 atom stereocenters. The molecule has 2 aromatic rings. The van der Waals surface area contributed by atoms with Gasteiger partial charge < -0.3 is 20.5 Å². The van der Waals surface area contributed by atoms with Gasteiger partial charge >= 0.3 is 12.1 Å². The summed E-state index contributed by atoms with van der Waals surface area (Å²) in [7, 11) is 0. The molecular weight excluding hydrogens is 420 g/mol. The third-order valence-electron chi connectivity index (χ3n) is 6.77. The third kappa shape index (κ3) is 4.87. The Balaban J connectivity index is 1.32. The van der Waals surface area contributed by atoms with Crippen molar-refractivity contribution in [2.75, 3.05) is 13.2 Å². The van der Waals surface area contributed by atoms with Gasteiger partial charge in [-0.3, -0.25) is 9.59 Å². The number of nitrogens with one attached hydrogen (secondary N) is 2. The zero-order valence-corrected chi connectivity index (χ0v) is 19.0. The van der Waals surface area contributed by atoms with Crippen LogP contribution in [-0.4, -0.2) is 42.3 Å². The van der Waals surface area contributed by atoms with Gasteiger partial charge in [0, 0.05) is 18.5 Å². The fourth-order valence-electron chi connectivity index (χ4n) is 4.49. The van der Waals surface area contributed by atoms with Crippen molar-refractivity contribution < 1.29 is 24.2 Å². The van der Waals surface area contributed by atoms with Crippen molar-refractivity contribution in [3.05, 3.63) is 59.7 Å². The molecule has 2 aromatic carbocycles. The first-order valence-electron chi connectivity index (χ1n) is 11.4. The number of carboxylic acid groups (broad SMARTS) is 1. The lowest BCUT2D eigenvalue weighted by molar-refractivity contribution is -0.138. The van der Waals surface area contributed by atoms with Crippen LogP contribution in [0.1, 0.15) is 50.2 Å². The van der Waals surface area contributed by atoms with Gasteiger partial charge in [0.2, 0.25) is 5.91 Å². The van der Waals surface area contributed by atoms with Crippen LogP contribution in [0.3, 0.4) is 0 Å². The Labute approximate surface area is 193 Å². The predicted octanol–water partition coefficient (Wildman–Crippen LogP) is 3.92. The molecule has 0 unspecified atom stereocenters. The number of fused-ring (bicyclic) bond motifs is 3. The highest BCUT2D eigenvalue weighted by atomic mass is 16.5. The number of hydrogen-bond donors (Lipinski definition) is 3. The molecule has 7 nitrogen and oxygen atoms in total. The van der Waals surface area contributed by atoms with Crippen molar-refractivity contribution in [2.45, 2.75) is 45.1 Å². The smallest absolute Gasteiger partial charge is 0.407 e. The largest absolute Gasteiger partial charge is 0.481 e. The van der Waals surface area contributed by atoms with Gasteiger partial charge in [-0.25, -0.2) is 4.79 Å². The van der Waals surface area contributed by atoms with E-state index < -0.39 is 23.5 Å². The van der Waals surface area contributed by atoms with E-state index in [0.717, 1.165) is 22.3 Å². The molecule has 0 heterocycles. The average Bonchev–Trinajstić information content (AvgIpc) is 3.52. The minimum Gasteiger partial charge on any atom is -0.481 e. The van der Waals surface area contributed by atoms with Crippen LogP contribution in [0.5, 0.6) is 0 Å². The van der Waals surface area contributed by atoms with Crippen molar-refractivity contribution in [3.8, 4) is 11.1 Å². The summed E-state index contributed by atoms with van der Waals surface area (Å²) in [6.45, 7) is 4.14. The monoisotopic (exact) mass is 450 g/mol. The van der Waals surface area contributed by atoms with E-state index in [1.165, 1.54) is 0 Å². The molecule has 1 saturated carbocycles. The number of ether oxygens (including phenoxy) is 1. The van der Waals surface area contributed by atoms with E-state index in [9.17, 15) is 14.4 Å².